The van der Waals surface area contributed by atoms with Crippen molar-refractivity contribution in [2.75, 3.05) is 5.32 Å². The fourth-order valence-electron chi connectivity index (χ4n) is 3.07. The van der Waals surface area contributed by atoms with E-state index in [1.165, 1.54) is 10.9 Å². The molecule has 0 radical (unpaired) electrons. The molecule has 0 saturated heterocycles. The number of aromatic amines is 1. The van der Waals surface area contributed by atoms with Crippen LogP contribution in [0.15, 0.2) is 53.6 Å². The molecule has 0 spiro atoms. The summed E-state index contributed by atoms with van der Waals surface area (Å²) in [4.78, 5) is 32.6. The minimum Gasteiger partial charge on any atom is -0.349 e. The van der Waals surface area contributed by atoms with Crippen molar-refractivity contribution in [3.05, 3.63) is 70.3 Å². The van der Waals surface area contributed by atoms with E-state index < -0.39 is 0 Å². The molecule has 2 aromatic carbocycles. The fourth-order valence-corrected chi connectivity index (χ4v) is 3.07. The first kappa shape index (κ1) is 16.1. The Morgan fingerprint density at radius 3 is 2.85 bits per heavy atom. The number of benzene rings is 2. The number of fused-ring (bicyclic) bond motifs is 3. The molecular weight excluding hydrogens is 328 g/mol. The fraction of sp³-hybridized carbons (Fsp3) is 0.150. The highest BCUT2D eigenvalue weighted by Crippen LogP contribution is 2.20. The van der Waals surface area contributed by atoms with Crippen LogP contribution in [0.1, 0.15) is 11.1 Å². The van der Waals surface area contributed by atoms with Crippen LogP contribution < -0.4 is 10.9 Å². The first-order valence-corrected chi connectivity index (χ1v) is 8.36. The van der Waals surface area contributed by atoms with Crippen molar-refractivity contribution in [2.45, 2.75) is 20.4 Å². The van der Waals surface area contributed by atoms with Crippen LogP contribution in [-0.2, 0) is 11.3 Å². The number of aryl methyl sites for hydroxylation is 2. The van der Waals surface area contributed by atoms with Crippen LogP contribution in [0, 0.1) is 13.8 Å². The number of hydrogen-bond acceptors (Lipinski definition) is 3. The number of carbonyl (C=O) groups is 1. The number of nitrogens with zero attached hydrogens (tertiary/aromatic N) is 2. The normalized spacial score (nSPS) is 11.2. The van der Waals surface area contributed by atoms with Gasteiger partial charge in [0.15, 0.2) is 0 Å². The van der Waals surface area contributed by atoms with Gasteiger partial charge in [0.2, 0.25) is 5.91 Å². The smallest absolute Gasteiger partial charge is 0.278 e. The third kappa shape index (κ3) is 2.75. The highest BCUT2D eigenvalue weighted by molar-refractivity contribution is 6.04. The molecule has 0 fully saturated rings. The third-order valence-corrected chi connectivity index (χ3v) is 4.46. The van der Waals surface area contributed by atoms with Gasteiger partial charge in [0, 0.05) is 16.6 Å². The Morgan fingerprint density at radius 1 is 1.19 bits per heavy atom. The number of hydrogen-bond donors (Lipinski definition) is 2. The van der Waals surface area contributed by atoms with Crippen molar-refractivity contribution < 1.29 is 4.79 Å². The minimum atomic E-state index is -0.266. The molecule has 0 bridgehead atoms. The second kappa shape index (κ2) is 6.15. The van der Waals surface area contributed by atoms with Gasteiger partial charge in [-0.05, 0) is 37.1 Å². The van der Waals surface area contributed by atoms with E-state index in [0.717, 1.165) is 27.7 Å². The third-order valence-electron chi connectivity index (χ3n) is 4.46. The lowest BCUT2D eigenvalue weighted by Gasteiger charge is -2.10. The molecule has 0 saturated carbocycles. The minimum absolute atomic E-state index is 0.0927. The van der Waals surface area contributed by atoms with Crippen LogP contribution in [0.3, 0.4) is 0 Å². The van der Waals surface area contributed by atoms with Crippen LogP contribution in [0.4, 0.5) is 5.69 Å². The van der Waals surface area contributed by atoms with Gasteiger partial charge in [-0.1, -0.05) is 30.3 Å². The Bertz CT molecular complexity index is 1200. The molecule has 2 N–H and O–H groups in total. The second-order valence-corrected chi connectivity index (χ2v) is 6.44. The predicted molar refractivity (Wildman–Crippen MR) is 102 cm³/mol. The van der Waals surface area contributed by atoms with Gasteiger partial charge in [-0.15, -0.1) is 0 Å². The van der Waals surface area contributed by atoms with E-state index in [-0.39, 0.29) is 18.0 Å². The van der Waals surface area contributed by atoms with E-state index in [0.29, 0.717) is 11.0 Å². The maximum atomic E-state index is 12.7. The Hall–Kier alpha value is -3.41. The van der Waals surface area contributed by atoms with Gasteiger partial charge in [-0.25, -0.2) is 4.98 Å². The summed E-state index contributed by atoms with van der Waals surface area (Å²) in [7, 11) is 0. The van der Waals surface area contributed by atoms with Gasteiger partial charge in [-0.2, -0.15) is 0 Å². The number of aromatic nitrogens is 3. The van der Waals surface area contributed by atoms with Crippen molar-refractivity contribution in [1.82, 2.24) is 14.5 Å². The number of H-pyrrole nitrogens is 1. The molecule has 4 rings (SSSR count). The molecule has 1 amide bonds. The molecule has 0 aliphatic carbocycles. The molecular formula is C20H18N4O2. The Balaban J connectivity index is 1.65. The second-order valence-electron chi connectivity index (χ2n) is 6.44. The van der Waals surface area contributed by atoms with Crippen molar-refractivity contribution >= 4 is 33.5 Å². The number of para-hydroxylation sites is 1. The Morgan fingerprint density at radius 2 is 2.00 bits per heavy atom. The highest BCUT2D eigenvalue weighted by atomic mass is 16.2. The summed E-state index contributed by atoms with van der Waals surface area (Å²) in [6.07, 6.45) is 1.42. The largest absolute Gasteiger partial charge is 0.349 e. The van der Waals surface area contributed by atoms with Crippen LogP contribution in [0.25, 0.3) is 21.9 Å². The molecule has 26 heavy (non-hydrogen) atoms. The molecule has 4 aromatic rings. The summed E-state index contributed by atoms with van der Waals surface area (Å²) in [6, 6.07) is 13.5. The summed E-state index contributed by atoms with van der Waals surface area (Å²) < 4.78 is 1.32. The molecule has 2 aromatic heterocycles. The molecule has 0 aliphatic heterocycles. The lowest BCUT2D eigenvalue weighted by atomic mass is 10.1. The zero-order valence-electron chi connectivity index (χ0n) is 14.5. The standard InChI is InChI=1S/C20H18N4O2/c1-12-7-8-13(2)16(9-12)22-17(25)10-24-11-21-18-14-5-3-4-6-15(14)23-19(18)20(24)26/h3-9,11,23H,10H2,1-2H3,(H,22,25). The van der Waals surface area contributed by atoms with Crippen molar-refractivity contribution in [3.8, 4) is 0 Å². The highest BCUT2D eigenvalue weighted by Gasteiger charge is 2.13. The lowest BCUT2D eigenvalue weighted by molar-refractivity contribution is -0.116. The molecule has 130 valence electrons. The molecule has 6 nitrogen and oxygen atoms in total. The molecule has 2 heterocycles. The van der Waals surface area contributed by atoms with Crippen molar-refractivity contribution in [1.29, 1.82) is 0 Å². The van der Waals surface area contributed by atoms with Gasteiger partial charge in [0.1, 0.15) is 17.6 Å². The zero-order valence-corrected chi connectivity index (χ0v) is 14.5. The SMILES string of the molecule is Cc1ccc(C)c(NC(=O)Cn2cnc3c([nH]c4ccccc43)c2=O)c1. The molecule has 0 aliphatic rings. The summed E-state index contributed by atoms with van der Waals surface area (Å²) in [6.45, 7) is 3.80. The Kier molecular flexibility index (Phi) is 3.80. The average Bonchev–Trinajstić information content (AvgIpc) is 3.00. The van der Waals surface area contributed by atoms with E-state index in [1.54, 1.807) is 0 Å². The summed E-state index contributed by atoms with van der Waals surface area (Å²) >= 11 is 0. The van der Waals surface area contributed by atoms with Crippen molar-refractivity contribution in [2.24, 2.45) is 0 Å². The van der Waals surface area contributed by atoms with E-state index in [2.05, 4.69) is 15.3 Å². The average molecular weight is 346 g/mol. The van der Waals surface area contributed by atoms with E-state index >= 15 is 0 Å². The van der Waals surface area contributed by atoms with Crippen LogP contribution in [0.5, 0.6) is 0 Å². The van der Waals surface area contributed by atoms with Crippen LogP contribution >= 0.6 is 0 Å². The summed E-state index contributed by atoms with van der Waals surface area (Å²) in [5, 5.41) is 3.76. The number of amides is 1. The van der Waals surface area contributed by atoms with Gasteiger partial charge >= 0.3 is 0 Å². The molecule has 0 atom stereocenters. The molecule has 6 heteroatoms. The number of nitrogens with one attached hydrogen (secondary N) is 2. The number of carbonyl (C=O) groups excluding carboxylic acids is 1. The monoisotopic (exact) mass is 346 g/mol. The summed E-state index contributed by atoms with van der Waals surface area (Å²) in [5.74, 6) is -0.266. The van der Waals surface area contributed by atoms with Crippen LogP contribution in [-0.4, -0.2) is 20.4 Å². The Labute approximate surface area is 149 Å². The van der Waals surface area contributed by atoms with E-state index in [1.807, 2.05) is 56.3 Å². The van der Waals surface area contributed by atoms with E-state index in [4.69, 9.17) is 0 Å². The van der Waals surface area contributed by atoms with Gasteiger partial charge < -0.3 is 10.3 Å². The maximum Gasteiger partial charge on any atom is 0.278 e. The van der Waals surface area contributed by atoms with E-state index in [9.17, 15) is 9.59 Å². The zero-order chi connectivity index (χ0) is 18.3. The van der Waals surface area contributed by atoms with Crippen molar-refractivity contribution in [3.63, 3.8) is 0 Å². The molecule has 0 unspecified atom stereocenters. The lowest BCUT2D eigenvalue weighted by Crippen LogP contribution is -2.28. The first-order chi connectivity index (χ1) is 12.5. The first-order valence-electron chi connectivity index (χ1n) is 8.36. The topological polar surface area (TPSA) is 79.8 Å². The number of anilines is 1. The van der Waals surface area contributed by atoms with Gasteiger partial charge in [0.05, 0.1) is 6.33 Å². The quantitative estimate of drug-likeness (QED) is 0.598. The van der Waals surface area contributed by atoms with Crippen LogP contribution in [0.2, 0.25) is 0 Å². The van der Waals surface area contributed by atoms with Gasteiger partial charge in [0.25, 0.3) is 5.56 Å². The predicted octanol–water partition coefficient (Wildman–Crippen LogP) is 3.13. The maximum absolute atomic E-state index is 12.7. The van der Waals surface area contributed by atoms with Gasteiger partial charge in [-0.3, -0.25) is 14.2 Å². The number of rotatable bonds is 3. The summed E-state index contributed by atoms with van der Waals surface area (Å²) in [5.41, 5.74) is 4.41.